The molecule has 1 amide bonds. The Hall–Kier alpha value is -1.97. The van der Waals surface area contributed by atoms with Gasteiger partial charge in [0.25, 0.3) is 0 Å². The van der Waals surface area contributed by atoms with E-state index >= 15 is 0 Å². The van der Waals surface area contributed by atoms with Crippen LogP contribution in [0.25, 0.3) is 0 Å². The quantitative estimate of drug-likeness (QED) is 0.577. The van der Waals surface area contributed by atoms with E-state index in [0.29, 0.717) is 11.3 Å². The smallest absolute Gasteiger partial charge is 0.324 e. The van der Waals surface area contributed by atoms with Crippen molar-refractivity contribution in [3.05, 3.63) is 23.8 Å². The minimum Gasteiger partial charge on any atom is -0.480 e. The minimum absolute atomic E-state index is 0.163. The van der Waals surface area contributed by atoms with Crippen molar-refractivity contribution in [3.63, 3.8) is 0 Å². The second-order valence-corrected chi connectivity index (χ2v) is 6.37. The highest BCUT2D eigenvalue weighted by Gasteiger charge is 2.30. The van der Waals surface area contributed by atoms with Crippen LogP contribution in [-0.4, -0.2) is 43.2 Å². The number of hydrogen-bond donors (Lipinski definition) is 4. The number of benzene rings is 1. The molecule has 0 saturated heterocycles. The Labute approximate surface area is 120 Å². The number of anilines is 1. The third kappa shape index (κ3) is 2.89. The number of carbonyl (C=O) groups is 2. The lowest BCUT2D eigenvalue weighted by Crippen LogP contribution is -2.43. The van der Waals surface area contributed by atoms with Crippen molar-refractivity contribution in [2.24, 2.45) is 0 Å². The third-order valence-electron chi connectivity index (χ3n) is 3.23. The van der Waals surface area contributed by atoms with E-state index < -0.39 is 34.6 Å². The number of carbonyl (C=O) groups excluding carboxylic acids is 1. The van der Waals surface area contributed by atoms with E-state index in [1.165, 1.54) is 18.2 Å². The Kier molecular flexibility index (Phi) is 3.99. The van der Waals surface area contributed by atoms with Gasteiger partial charge in [0.1, 0.15) is 6.04 Å². The first-order valence-electron chi connectivity index (χ1n) is 6.07. The Morgan fingerprint density at radius 3 is 2.71 bits per heavy atom. The summed E-state index contributed by atoms with van der Waals surface area (Å²) in [6.07, 6.45) is 0. The average Bonchev–Trinajstić information content (AvgIpc) is 2.71. The minimum atomic E-state index is -4.11. The second-order valence-electron chi connectivity index (χ2n) is 4.65. The third-order valence-corrected chi connectivity index (χ3v) is 4.70. The van der Waals surface area contributed by atoms with E-state index in [2.05, 4.69) is 5.32 Å². The van der Waals surface area contributed by atoms with E-state index in [1.807, 2.05) is 4.72 Å². The number of aliphatic hydroxyl groups is 1. The molecule has 21 heavy (non-hydrogen) atoms. The van der Waals surface area contributed by atoms with Gasteiger partial charge in [0.05, 0.1) is 17.4 Å². The summed E-state index contributed by atoms with van der Waals surface area (Å²) in [5.41, 5.74) is 1.06. The molecule has 1 aromatic carbocycles. The van der Waals surface area contributed by atoms with Crippen LogP contribution in [0.3, 0.4) is 0 Å². The van der Waals surface area contributed by atoms with Crippen molar-refractivity contribution < 1.29 is 28.2 Å². The topological polar surface area (TPSA) is 133 Å². The predicted molar refractivity (Wildman–Crippen MR) is 72.3 cm³/mol. The molecule has 0 spiro atoms. The van der Waals surface area contributed by atoms with Crippen molar-refractivity contribution in [3.8, 4) is 0 Å². The number of aliphatic carboxylic acids is 1. The van der Waals surface area contributed by atoms with Gasteiger partial charge >= 0.3 is 5.97 Å². The van der Waals surface area contributed by atoms with Crippen molar-refractivity contribution in [1.29, 1.82) is 0 Å². The van der Waals surface area contributed by atoms with E-state index in [0.717, 1.165) is 0 Å². The number of carboxylic acid groups (broad SMARTS) is 1. The summed E-state index contributed by atoms with van der Waals surface area (Å²) < 4.78 is 26.1. The van der Waals surface area contributed by atoms with Gasteiger partial charge in [0.15, 0.2) is 0 Å². The molecular weight excluding hydrogens is 300 g/mol. The molecule has 114 valence electrons. The summed E-state index contributed by atoms with van der Waals surface area (Å²) in [6, 6.07) is 2.40. The number of hydrogen-bond acceptors (Lipinski definition) is 5. The number of fused-ring (bicyclic) bond motifs is 1. The van der Waals surface area contributed by atoms with Crippen LogP contribution < -0.4 is 10.0 Å². The molecule has 0 radical (unpaired) electrons. The second kappa shape index (κ2) is 5.43. The van der Waals surface area contributed by atoms with Crippen LogP contribution in [0.1, 0.15) is 18.4 Å². The maximum absolute atomic E-state index is 12.1. The number of rotatable bonds is 5. The SMILES string of the molecule is CC1C(=O)Nc2ccc(S(=O)(=O)NC(CO)C(=O)O)cc21. The number of nitrogens with one attached hydrogen (secondary N) is 2. The summed E-state index contributed by atoms with van der Waals surface area (Å²) in [6.45, 7) is 0.773. The van der Waals surface area contributed by atoms with Crippen molar-refractivity contribution >= 4 is 27.6 Å². The van der Waals surface area contributed by atoms with E-state index in [9.17, 15) is 18.0 Å². The highest BCUT2D eigenvalue weighted by molar-refractivity contribution is 7.89. The Balaban J connectivity index is 2.34. The maximum Gasteiger partial charge on any atom is 0.324 e. The number of amides is 1. The summed E-state index contributed by atoms with van der Waals surface area (Å²) in [7, 11) is -4.11. The van der Waals surface area contributed by atoms with Crippen LogP contribution in [0.2, 0.25) is 0 Å². The van der Waals surface area contributed by atoms with Gasteiger partial charge in [-0.05, 0) is 30.7 Å². The first-order valence-corrected chi connectivity index (χ1v) is 7.55. The van der Waals surface area contributed by atoms with Gasteiger partial charge in [-0.1, -0.05) is 0 Å². The van der Waals surface area contributed by atoms with Gasteiger partial charge in [0.2, 0.25) is 15.9 Å². The standard InChI is InChI=1S/C12H14N2O6S/c1-6-8-4-7(2-3-9(8)13-11(6)16)21(19,20)14-10(5-15)12(17)18/h2-4,6,10,14-15H,5H2,1H3,(H,13,16)(H,17,18). The predicted octanol–water partition coefficient (Wildman–Crippen LogP) is -0.534. The molecule has 0 saturated carbocycles. The molecule has 9 heteroatoms. The molecule has 8 nitrogen and oxygen atoms in total. The van der Waals surface area contributed by atoms with Gasteiger partial charge in [-0.25, -0.2) is 8.42 Å². The molecule has 1 aromatic rings. The number of aliphatic hydroxyl groups excluding tert-OH is 1. The van der Waals surface area contributed by atoms with Crippen LogP contribution >= 0.6 is 0 Å². The largest absolute Gasteiger partial charge is 0.480 e. The molecule has 1 heterocycles. The Morgan fingerprint density at radius 2 is 2.14 bits per heavy atom. The van der Waals surface area contributed by atoms with Crippen molar-refractivity contribution in [2.75, 3.05) is 11.9 Å². The molecule has 0 fully saturated rings. The molecular formula is C12H14N2O6S. The van der Waals surface area contributed by atoms with Crippen molar-refractivity contribution in [1.82, 2.24) is 4.72 Å². The van der Waals surface area contributed by atoms with Gasteiger partial charge in [-0.15, -0.1) is 0 Å². The summed E-state index contributed by atoms with van der Waals surface area (Å²) in [5, 5.41) is 20.3. The van der Waals surface area contributed by atoms with E-state index in [1.54, 1.807) is 6.92 Å². The lowest BCUT2D eigenvalue weighted by Gasteiger charge is -2.13. The molecule has 4 N–H and O–H groups in total. The first-order chi connectivity index (χ1) is 9.76. The lowest BCUT2D eigenvalue weighted by atomic mass is 10.0. The van der Waals surface area contributed by atoms with Gasteiger partial charge in [0, 0.05) is 5.69 Å². The molecule has 1 aliphatic heterocycles. The number of sulfonamides is 1. The highest BCUT2D eigenvalue weighted by atomic mass is 32.2. The Bertz CT molecular complexity index is 700. The first kappa shape index (κ1) is 15.4. The van der Waals surface area contributed by atoms with Gasteiger partial charge < -0.3 is 15.5 Å². The average molecular weight is 314 g/mol. The fourth-order valence-electron chi connectivity index (χ4n) is 1.98. The van der Waals surface area contributed by atoms with E-state index in [4.69, 9.17) is 10.2 Å². The molecule has 2 unspecified atom stereocenters. The molecule has 0 aromatic heterocycles. The summed E-state index contributed by atoms with van der Waals surface area (Å²) in [5.74, 6) is -2.19. The van der Waals surface area contributed by atoms with Crippen LogP contribution in [0.4, 0.5) is 5.69 Å². The number of carboxylic acids is 1. The van der Waals surface area contributed by atoms with Gasteiger partial charge in [-0.2, -0.15) is 4.72 Å². The zero-order valence-corrected chi connectivity index (χ0v) is 11.8. The Morgan fingerprint density at radius 1 is 1.48 bits per heavy atom. The van der Waals surface area contributed by atoms with Crippen molar-refractivity contribution in [2.45, 2.75) is 23.8 Å². The van der Waals surface area contributed by atoms with Gasteiger partial charge in [-0.3, -0.25) is 9.59 Å². The fraction of sp³-hybridized carbons (Fsp3) is 0.333. The molecule has 2 atom stereocenters. The van der Waals surface area contributed by atoms with Crippen LogP contribution in [0.15, 0.2) is 23.1 Å². The van der Waals surface area contributed by atoms with Crippen LogP contribution in [-0.2, 0) is 19.6 Å². The zero-order chi connectivity index (χ0) is 15.8. The fourth-order valence-corrected chi connectivity index (χ4v) is 3.20. The summed E-state index contributed by atoms with van der Waals surface area (Å²) in [4.78, 5) is 22.1. The normalized spacial score (nSPS) is 19.0. The van der Waals surface area contributed by atoms with Crippen LogP contribution in [0, 0.1) is 0 Å². The highest BCUT2D eigenvalue weighted by Crippen LogP contribution is 2.33. The zero-order valence-electron chi connectivity index (χ0n) is 11.0. The molecule has 0 aliphatic carbocycles. The maximum atomic E-state index is 12.1. The monoisotopic (exact) mass is 314 g/mol. The summed E-state index contributed by atoms with van der Waals surface area (Å²) >= 11 is 0. The van der Waals surface area contributed by atoms with E-state index in [-0.39, 0.29) is 10.8 Å². The molecule has 0 bridgehead atoms. The lowest BCUT2D eigenvalue weighted by molar-refractivity contribution is -0.139. The molecule has 1 aliphatic rings. The molecule has 2 rings (SSSR count). The van der Waals surface area contributed by atoms with Crippen LogP contribution in [0.5, 0.6) is 0 Å².